The van der Waals surface area contributed by atoms with Crippen molar-refractivity contribution < 1.29 is 9.66 Å². The molecule has 2 rings (SSSR count). The molecular weight excluding hydrogens is 260 g/mol. The third kappa shape index (κ3) is 2.92. The second-order valence-electron chi connectivity index (χ2n) is 5.32. The number of aryl methyl sites for hydroxylation is 2. The zero-order valence-corrected chi connectivity index (χ0v) is 12.0. The van der Waals surface area contributed by atoms with Gasteiger partial charge in [0.1, 0.15) is 11.8 Å². The molecule has 1 saturated carbocycles. The van der Waals surface area contributed by atoms with Crippen LogP contribution in [0.25, 0.3) is 0 Å². The van der Waals surface area contributed by atoms with Gasteiger partial charge in [-0.15, -0.1) is 0 Å². The van der Waals surface area contributed by atoms with Gasteiger partial charge in [0.15, 0.2) is 0 Å². The summed E-state index contributed by atoms with van der Waals surface area (Å²) in [4.78, 5) is 10.8. The smallest absolute Gasteiger partial charge is 0.353 e. The average Bonchev–Trinajstić information content (AvgIpc) is 2.69. The lowest BCUT2D eigenvalue weighted by molar-refractivity contribution is -0.386. The van der Waals surface area contributed by atoms with Crippen molar-refractivity contribution in [3.63, 3.8) is 0 Å². The fourth-order valence-corrected chi connectivity index (χ4v) is 2.66. The highest BCUT2D eigenvalue weighted by molar-refractivity contribution is 5.45. The third-order valence-corrected chi connectivity index (χ3v) is 3.69. The third-order valence-electron chi connectivity index (χ3n) is 3.69. The van der Waals surface area contributed by atoms with Crippen LogP contribution in [-0.4, -0.2) is 26.8 Å². The number of hydrogen-bond donors (Lipinski definition) is 1. The summed E-state index contributed by atoms with van der Waals surface area (Å²) in [7, 11) is 0. The Morgan fingerprint density at radius 2 is 2.20 bits per heavy atom. The van der Waals surface area contributed by atoms with E-state index in [4.69, 9.17) is 10.5 Å². The van der Waals surface area contributed by atoms with Crippen LogP contribution in [0.5, 0.6) is 5.88 Å². The highest BCUT2D eigenvalue weighted by atomic mass is 16.6. The fraction of sp³-hybridized carbons (Fsp3) is 0.769. The SMILES string of the molecule is CCCn1nc(C)c([N+](=O)[O-])c1OC1CCCCC1N. The molecule has 20 heavy (non-hydrogen) atoms. The second kappa shape index (κ2) is 6.21. The lowest BCUT2D eigenvalue weighted by Gasteiger charge is -2.28. The molecule has 2 N–H and O–H groups in total. The van der Waals surface area contributed by atoms with Gasteiger partial charge < -0.3 is 10.5 Å². The molecule has 2 atom stereocenters. The molecule has 0 spiro atoms. The van der Waals surface area contributed by atoms with Crippen LogP contribution < -0.4 is 10.5 Å². The quantitative estimate of drug-likeness (QED) is 0.659. The Balaban J connectivity index is 2.29. The Bertz CT molecular complexity index is 486. The van der Waals surface area contributed by atoms with Gasteiger partial charge in [0.05, 0.1) is 4.92 Å². The van der Waals surface area contributed by atoms with Crippen molar-refractivity contribution in [2.24, 2.45) is 5.73 Å². The molecule has 1 aliphatic rings. The molecule has 1 heterocycles. The van der Waals surface area contributed by atoms with Gasteiger partial charge in [-0.2, -0.15) is 5.10 Å². The van der Waals surface area contributed by atoms with Gasteiger partial charge in [0, 0.05) is 12.6 Å². The first-order valence-corrected chi connectivity index (χ1v) is 7.18. The fourth-order valence-electron chi connectivity index (χ4n) is 2.66. The van der Waals surface area contributed by atoms with E-state index >= 15 is 0 Å². The van der Waals surface area contributed by atoms with Gasteiger partial charge in [-0.05, 0) is 32.6 Å². The molecule has 112 valence electrons. The summed E-state index contributed by atoms with van der Waals surface area (Å²) in [6.45, 7) is 4.24. The summed E-state index contributed by atoms with van der Waals surface area (Å²) in [5, 5.41) is 15.4. The van der Waals surface area contributed by atoms with Crippen LogP contribution in [0.1, 0.15) is 44.7 Å². The standard InChI is InChI=1S/C13H22N4O3/c1-3-8-16-13(12(17(18)19)9(2)15-16)20-11-7-5-4-6-10(11)14/h10-11H,3-8,14H2,1-2H3. The van der Waals surface area contributed by atoms with E-state index in [1.165, 1.54) is 0 Å². The number of rotatable bonds is 5. The highest BCUT2D eigenvalue weighted by Gasteiger charge is 2.31. The normalized spacial score (nSPS) is 22.8. The predicted octanol–water partition coefficient (Wildman–Crippen LogP) is 2.16. The van der Waals surface area contributed by atoms with Crippen LogP contribution >= 0.6 is 0 Å². The first kappa shape index (κ1) is 14.8. The van der Waals surface area contributed by atoms with Crippen molar-refractivity contribution in [2.75, 3.05) is 0 Å². The lowest BCUT2D eigenvalue weighted by Crippen LogP contribution is -2.41. The van der Waals surface area contributed by atoms with Crippen molar-refractivity contribution in [2.45, 2.75) is 64.6 Å². The van der Waals surface area contributed by atoms with Crippen LogP contribution in [0.15, 0.2) is 0 Å². The molecule has 0 saturated heterocycles. The van der Waals surface area contributed by atoms with Gasteiger partial charge in [0.2, 0.25) is 0 Å². The molecule has 0 amide bonds. The van der Waals surface area contributed by atoms with Crippen LogP contribution in [-0.2, 0) is 6.54 Å². The van der Waals surface area contributed by atoms with E-state index in [2.05, 4.69) is 5.10 Å². The van der Waals surface area contributed by atoms with E-state index in [9.17, 15) is 10.1 Å². The number of ether oxygens (including phenoxy) is 1. The Kier molecular flexibility index (Phi) is 4.59. The van der Waals surface area contributed by atoms with Crippen LogP contribution in [0, 0.1) is 17.0 Å². The first-order chi connectivity index (χ1) is 9.54. The molecule has 1 aliphatic carbocycles. The molecular formula is C13H22N4O3. The summed E-state index contributed by atoms with van der Waals surface area (Å²) in [5.74, 6) is 0.261. The zero-order valence-electron chi connectivity index (χ0n) is 12.0. The van der Waals surface area contributed by atoms with Crippen molar-refractivity contribution in [3.8, 4) is 5.88 Å². The molecule has 1 fully saturated rings. The van der Waals surface area contributed by atoms with Crippen molar-refractivity contribution >= 4 is 5.69 Å². The minimum atomic E-state index is -0.418. The van der Waals surface area contributed by atoms with Crippen molar-refractivity contribution in [1.29, 1.82) is 0 Å². The predicted molar refractivity (Wildman–Crippen MR) is 74.8 cm³/mol. The van der Waals surface area contributed by atoms with Crippen molar-refractivity contribution in [3.05, 3.63) is 15.8 Å². The lowest BCUT2D eigenvalue weighted by atomic mass is 9.93. The Morgan fingerprint density at radius 3 is 2.80 bits per heavy atom. The van der Waals surface area contributed by atoms with E-state index in [-0.39, 0.29) is 23.7 Å². The van der Waals surface area contributed by atoms with E-state index in [1.807, 2.05) is 6.92 Å². The first-order valence-electron chi connectivity index (χ1n) is 7.18. The summed E-state index contributed by atoms with van der Waals surface area (Å²) >= 11 is 0. The number of hydrogen-bond acceptors (Lipinski definition) is 5. The summed E-state index contributed by atoms with van der Waals surface area (Å²) in [6, 6.07) is -0.0614. The van der Waals surface area contributed by atoms with E-state index in [0.717, 1.165) is 32.1 Å². The van der Waals surface area contributed by atoms with Crippen LogP contribution in [0.3, 0.4) is 0 Å². The number of aromatic nitrogens is 2. The number of nitrogens with two attached hydrogens (primary N) is 1. The monoisotopic (exact) mass is 282 g/mol. The topological polar surface area (TPSA) is 96.2 Å². The molecule has 1 aromatic heterocycles. The molecule has 0 bridgehead atoms. The Morgan fingerprint density at radius 1 is 1.50 bits per heavy atom. The van der Waals surface area contributed by atoms with E-state index < -0.39 is 4.92 Å². The maximum absolute atomic E-state index is 11.2. The number of nitrogens with zero attached hydrogens (tertiary/aromatic N) is 3. The highest BCUT2D eigenvalue weighted by Crippen LogP contribution is 2.33. The molecule has 7 heteroatoms. The van der Waals surface area contributed by atoms with Gasteiger partial charge >= 0.3 is 5.69 Å². The summed E-state index contributed by atoms with van der Waals surface area (Å²) in [5.41, 5.74) is 6.42. The molecule has 0 radical (unpaired) electrons. The van der Waals surface area contributed by atoms with Gasteiger partial charge in [-0.3, -0.25) is 10.1 Å². The van der Waals surface area contributed by atoms with Crippen LogP contribution in [0.2, 0.25) is 0 Å². The van der Waals surface area contributed by atoms with Gasteiger partial charge in [-0.1, -0.05) is 13.3 Å². The van der Waals surface area contributed by atoms with Crippen molar-refractivity contribution in [1.82, 2.24) is 9.78 Å². The average molecular weight is 282 g/mol. The molecule has 0 aromatic carbocycles. The largest absolute Gasteiger partial charge is 0.468 e. The Hall–Kier alpha value is -1.63. The van der Waals surface area contributed by atoms with Crippen LogP contribution in [0.4, 0.5) is 5.69 Å². The maximum Gasteiger partial charge on any atom is 0.353 e. The Labute approximate surface area is 118 Å². The molecule has 2 unspecified atom stereocenters. The molecule has 7 nitrogen and oxygen atoms in total. The van der Waals surface area contributed by atoms with Gasteiger partial charge in [0.25, 0.3) is 5.88 Å². The zero-order chi connectivity index (χ0) is 14.7. The second-order valence-corrected chi connectivity index (χ2v) is 5.32. The molecule has 1 aromatic rings. The summed E-state index contributed by atoms with van der Waals surface area (Å²) in [6.07, 6.45) is 4.57. The minimum absolute atomic E-state index is 0.0313. The van der Waals surface area contributed by atoms with Gasteiger partial charge in [-0.25, -0.2) is 4.68 Å². The maximum atomic E-state index is 11.2. The summed E-state index contributed by atoms with van der Waals surface area (Å²) < 4.78 is 7.49. The molecule has 0 aliphatic heterocycles. The van der Waals surface area contributed by atoms with E-state index in [1.54, 1.807) is 11.6 Å². The minimum Gasteiger partial charge on any atom is -0.468 e. The van der Waals surface area contributed by atoms with E-state index in [0.29, 0.717) is 12.2 Å². The number of nitro groups is 1.